The third-order valence-electron chi connectivity index (χ3n) is 14.4. The first-order valence-electron chi connectivity index (χ1n) is 29.7. The summed E-state index contributed by atoms with van der Waals surface area (Å²) < 4.78 is 46.7. The fourth-order valence-corrected chi connectivity index (χ4v) is 10.5. The number of ether oxygens (including phenoxy) is 5. The van der Waals surface area contributed by atoms with Crippen molar-refractivity contribution in [2.24, 2.45) is 5.73 Å². The first-order chi connectivity index (χ1) is 36.6. The van der Waals surface area contributed by atoms with Crippen LogP contribution < -0.4 is 16.4 Å². The van der Waals surface area contributed by atoms with Crippen molar-refractivity contribution in [1.82, 2.24) is 10.6 Å². The quantitative estimate of drug-likeness (QED) is 0.0164. The summed E-state index contributed by atoms with van der Waals surface area (Å²) in [6.07, 6.45) is 15.0. The van der Waals surface area contributed by atoms with Crippen molar-refractivity contribution in [3.63, 3.8) is 0 Å². The van der Waals surface area contributed by atoms with E-state index in [1.165, 1.54) is 83.5 Å². The molecule has 76 heavy (non-hydrogen) atoms. The van der Waals surface area contributed by atoms with Crippen LogP contribution in [0.4, 0.5) is 0 Å². The summed E-state index contributed by atoms with van der Waals surface area (Å²) in [7, 11) is -5.31. The molecule has 12 atom stereocenters. The van der Waals surface area contributed by atoms with Crippen LogP contribution in [-0.4, -0.2) is 153 Å². The van der Waals surface area contributed by atoms with E-state index >= 15 is 0 Å². The molecule has 2 amide bonds. The van der Waals surface area contributed by atoms with E-state index in [-0.39, 0.29) is 32.4 Å². The highest BCUT2D eigenvalue weighted by Crippen LogP contribution is 2.41. The number of amides is 2. The van der Waals surface area contributed by atoms with Gasteiger partial charge in [-0.05, 0) is 38.6 Å². The van der Waals surface area contributed by atoms with Crippen molar-refractivity contribution in [1.29, 1.82) is 0 Å². The molecule has 0 aromatic heterocycles. The van der Waals surface area contributed by atoms with Gasteiger partial charge in [0.05, 0.1) is 38.8 Å². The number of carbonyl (C=O) groups excluding carboxylic acids is 3. The fraction of sp³-hybridized carbons (Fsp3) is 0.945. The van der Waals surface area contributed by atoms with Gasteiger partial charge in [0.15, 0.2) is 12.6 Å². The number of hydrogen-bond acceptors (Lipinski definition) is 16. The minimum atomic E-state index is -5.31. The van der Waals surface area contributed by atoms with Gasteiger partial charge < -0.3 is 75.4 Å². The molecule has 11 N–H and O–H groups in total. The Labute approximate surface area is 455 Å². The van der Waals surface area contributed by atoms with Gasteiger partial charge in [0, 0.05) is 6.42 Å². The van der Waals surface area contributed by atoms with Crippen LogP contribution in [0, 0.1) is 0 Å². The van der Waals surface area contributed by atoms with Crippen molar-refractivity contribution in [3.8, 4) is 0 Å². The lowest BCUT2D eigenvalue weighted by atomic mass is 9.95. The molecule has 2 rings (SSSR count). The number of aliphatic hydroxyl groups is 5. The van der Waals surface area contributed by atoms with E-state index in [0.717, 1.165) is 77.0 Å². The predicted octanol–water partition coefficient (Wildman–Crippen LogP) is 7.16. The Hall–Kier alpha value is -1.88. The van der Waals surface area contributed by atoms with Gasteiger partial charge in [-0.25, -0.2) is 4.57 Å². The van der Waals surface area contributed by atoms with Crippen molar-refractivity contribution in [2.75, 3.05) is 26.4 Å². The monoisotopic (exact) mass is 1110 g/mol. The Kier molecular flexibility index (Phi) is 39.7. The Morgan fingerprint density at radius 3 is 1.53 bits per heavy atom. The van der Waals surface area contributed by atoms with E-state index < -0.39 is 112 Å². The summed E-state index contributed by atoms with van der Waals surface area (Å²) in [6, 6.07) is -2.91. The number of carbonyl (C=O) groups is 3. The third kappa shape index (κ3) is 31.2. The molecule has 0 unspecified atom stereocenters. The van der Waals surface area contributed by atoms with Crippen LogP contribution in [0.3, 0.4) is 0 Å². The van der Waals surface area contributed by atoms with Crippen LogP contribution >= 0.6 is 7.82 Å². The number of esters is 1. The topological polar surface area (TPSA) is 315 Å². The molecule has 2 heterocycles. The lowest BCUT2D eigenvalue weighted by molar-refractivity contribution is -0.302. The highest BCUT2D eigenvalue weighted by Gasteiger charge is 2.51. The maximum Gasteiger partial charge on any atom is 0.470 e. The van der Waals surface area contributed by atoms with Gasteiger partial charge in [0.25, 0.3) is 0 Å². The molecule has 21 heteroatoms. The highest BCUT2D eigenvalue weighted by molar-refractivity contribution is 7.46. The predicted molar refractivity (Wildman–Crippen MR) is 289 cm³/mol. The minimum absolute atomic E-state index is 0.0466. The molecule has 0 bridgehead atoms. The molecule has 0 saturated carbocycles. The normalized spacial score (nSPS) is 24.8. The molecule has 0 aliphatic carbocycles. The number of nitrogens with two attached hydrogens (primary N) is 1. The molecular formula is C55H106N3O17P. The number of phosphoric acid groups is 1. The molecule has 2 saturated heterocycles. The van der Waals surface area contributed by atoms with Gasteiger partial charge in [-0.2, -0.15) is 0 Å². The summed E-state index contributed by atoms with van der Waals surface area (Å²) in [5, 5.41) is 60.7. The molecule has 2 aliphatic heterocycles. The van der Waals surface area contributed by atoms with Crippen LogP contribution in [0.15, 0.2) is 0 Å². The maximum atomic E-state index is 14.0. The van der Waals surface area contributed by atoms with E-state index in [1.54, 1.807) is 0 Å². The molecule has 448 valence electrons. The zero-order valence-corrected chi connectivity index (χ0v) is 47.7. The number of aliphatic hydroxyl groups excluding tert-OH is 5. The smallest absolute Gasteiger partial charge is 0.462 e. The highest BCUT2D eigenvalue weighted by atomic mass is 31.2. The maximum absolute atomic E-state index is 14.0. The molecule has 2 fully saturated rings. The van der Waals surface area contributed by atoms with Crippen LogP contribution in [0.2, 0.25) is 0 Å². The van der Waals surface area contributed by atoms with Crippen LogP contribution in [0.1, 0.15) is 233 Å². The van der Waals surface area contributed by atoms with Crippen molar-refractivity contribution in [2.45, 2.75) is 306 Å². The standard InChI is InChI=1S/C55H106N3O17P/c1-4-7-10-13-16-19-22-25-28-32-41(60)37-45(61)57-48-51(65)50(64)44(74-54(48)70-36-31-35-56)40-71-55-49(52(66)53(43(39-59)73-55)75-76(67,68)69)58-46(62)38-42(33-29-26-23-20-17-14-11-8-5-2)72-47(63)34-30-27-24-21-18-15-12-9-6-3/h41-44,48-55,59-60,64-66H,4-40,56H2,1-3H3,(H,57,61)(H,58,62)(H2,67,68,69)/t41-,42-,43-,44-,48-,49-,50-,51-,52-,53-,54+,55-/m1/s1. The van der Waals surface area contributed by atoms with E-state index in [0.29, 0.717) is 32.1 Å². The first-order valence-corrected chi connectivity index (χ1v) is 31.2. The van der Waals surface area contributed by atoms with Crippen LogP contribution in [0.25, 0.3) is 0 Å². The Bertz CT molecular complexity index is 1530. The molecule has 20 nitrogen and oxygen atoms in total. The number of nitrogens with one attached hydrogen (secondary N) is 2. The molecule has 0 radical (unpaired) electrons. The average molecular weight is 1110 g/mol. The van der Waals surface area contributed by atoms with Crippen molar-refractivity contribution < 1.29 is 82.5 Å². The molecule has 0 aromatic rings. The Morgan fingerprint density at radius 1 is 0.579 bits per heavy atom. The van der Waals surface area contributed by atoms with Gasteiger partial charge in [0.1, 0.15) is 54.8 Å². The van der Waals surface area contributed by atoms with Gasteiger partial charge in [-0.15, -0.1) is 0 Å². The van der Waals surface area contributed by atoms with E-state index in [1.807, 2.05) is 0 Å². The van der Waals surface area contributed by atoms with Gasteiger partial charge in [-0.1, -0.05) is 181 Å². The molecule has 2 aliphatic rings. The summed E-state index contributed by atoms with van der Waals surface area (Å²) in [5.41, 5.74) is 5.70. The average Bonchev–Trinajstić information content (AvgIpc) is 3.37. The number of unbranched alkanes of at least 4 members (excludes halogenated alkanes) is 24. The number of phosphoric ester groups is 1. The second-order valence-electron chi connectivity index (χ2n) is 21.3. The lowest BCUT2D eigenvalue weighted by Crippen LogP contribution is -2.67. The van der Waals surface area contributed by atoms with Gasteiger partial charge >= 0.3 is 13.8 Å². The fourth-order valence-electron chi connectivity index (χ4n) is 9.90. The first kappa shape index (κ1) is 70.2. The van der Waals surface area contributed by atoms with Crippen molar-refractivity contribution >= 4 is 25.6 Å². The number of hydrogen-bond donors (Lipinski definition) is 10. The van der Waals surface area contributed by atoms with E-state index in [2.05, 4.69) is 31.4 Å². The SMILES string of the molecule is CCCCCCCCCCCC(=O)O[C@H](CCCCCCCCCCC)CC(=O)N[C@H]1[C@H](OC[C@H]2O[C@H](OCCCN)[C@H](NC(=O)C[C@H](O)CCCCCCCCCCC)[C@@H](O)[C@@H]2O)O[C@H](CO)[C@@H](OP(=O)(O)O)[C@@H]1O. The summed E-state index contributed by atoms with van der Waals surface area (Å²) in [5.74, 6) is -1.74. The number of rotatable bonds is 47. The summed E-state index contributed by atoms with van der Waals surface area (Å²) in [6.45, 7) is 5.34. The second kappa shape index (κ2) is 42.9. The Morgan fingerprint density at radius 2 is 1.03 bits per heavy atom. The second-order valence-corrected chi connectivity index (χ2v) is 22.5. The van der Waals surface area contributed by atoms with Crippen molar-refractivity contribution in [3.05, 3.63) is 0 Å². The van der Waals surface area contributed by atoms with Gasteiger partial charge in [-0.3, -0.25) is 18.9 Å². The third-order valence-corrected chi connectivity index (χ3v) is 14.9. The molecule has 0 aromatic carbocycles. The largest absolute Gasteiger partial charge is 0.470 e. The lowest BCUT2D eigenvalue weighted by Gasteiger charge is -2.45. The Balaban J connectivity index is 2.19. The summed E-state index contributed by atoms with van der Waals surface area (Å²) >= 11 is 0. The molecular weight excluding hydrogens is 1010 g/mol. The zero-order valence-electron chi connectivity index (χ0n) is 46.8. The summed E-state index contributed by atoms with van der Waals surface area (Å²) in [4.78, 5) is 59.9. The molecule has 0 spiro atoms. The zero-order chi connectivity index (χ0) is 56.0. The van der Waals surface area contributed by atoms with Crippen LogP contribution in [-0.2, 0) is 47.2 Å². The van der Waals surface area contributed by atoms with E-state index in [4.69, 9.17) is 33.9 Å². The van der Waals surface area contributed by atoms with E-state index in [9.17, 15) is 54.3 Å². The van der Waals surface area contributed by atoms with Crippen LogP contribution in [0.5, 0.6) is 0 Å². The minimum Gasteiger partial charge on any atom is -0.462 e. The van der Waals surface area contributed by atoms with Gasteiger partial charge in [0.2, 0.25) is 11.8 Å².